The van der Waals surface area contributed by atoms with Crippen molar-refractivity contribution in [1.82, 2.24) is 19.9 Å². The number of halogens is 1. The van der Waals surface area contributed by atoms with Crippen LogP contribution in [0.2, 0.25) is 5.15 Å². The zero-order chi connectivity index (χ0) is 14.0. The number of fused-ring (bicyclic) bond motifs is 1. The number of hydrogen-bond acceptors (Lipinski definition) is 4. The molecule has 0 aliphatic rings. The molecule has 6 nitrogen and oxygen atoms in total. The topological polar surface area (TPSA) is 68.5 Å². The Kier molecular flexibility index (Phi) is 3.61. The van der Waals surface area contributed by atoms with E-state index in [0.29, 0.717) is 10.8 Å². The first-order valence-electron chi connectivity index (χ1n) is 5.81. The van der Waals surface area contributed by atoms with E-state index < -0.39 is 11.7 Å². The minimum Gasteiger partial charge on any atom is -0.444 e. The molecule has 0 bridgehead atoms. The quantitative estimate of drug-likeness (QED) is 0.918. The molecule has 1 N–H and O–H groups in total. The molecular weight excluding hydrogens is 268 g/mol. The molecule has 0 saturated carbocycles. The highest BCUT2D eigenvalue weighted by Gasteiger charge is 2.16. The second kappa shape index (κ2) is 5.05. The summed E-state index contributed by atoms with van der Waals surface area (Å²) in [6, 6.07) is 3.42. The molecule has 2 heterocycles. The van der Waals surface area contributed by atoms with Crippen LogP contribution in [-0.4, -0.2) is 26.3 Å². The molecule has 7 heteroatoms. The largest absolute Gasteiger partial charge is 0.444 e. The van der Waals surface area contributed by atoms with E-state index in [1.807, 2.05) is 20.8 Å². The van der Waals surface area contributed by atoms with Crippen LogP contribution in [0.3, 0.4) is 0 Å². The summed E-state index contributed by atoms with van der Waals surface area (Å²) < 4.78 is 6.73. The molecule has 0 aliphatic heterocycles. The maximum atomic E-state index is 11.5. The normalized spacial score (nSPS) is 11.6. The third-order valence-electron chi connectivity index (χ3n) is 2.21. The smallest absolute Gasteiger partial charge is 0.407 e. The van der Waals surface area contributed by atoms with E-state index in [2.05, 4.69) is 15.4 Å². The summed E-state index contributed by atoms with van der Waals surface area (Å²) in [7, 11) is 0. The maximum Gasteiger partial charge on any atom is 0.407 e. The van der Waals surface area contributed by atoms with Crippen LogP contribution in [0.5, 0.6) is 0 Å². The maximum absolute atomic E-state index is 11.5. The van der Waals surface area contributed by atoms with Gasteiger partial charge in [-0.3, -0.25) is 0 Å². The highest BCUT2D eigenvalue weighted by molar-refractivity contribution is 6.29. The van der Waals surface area contributed by atoms with E-state index in [0.717, 1.165) is 5.69 Å². The molecule has 2 rings (SSSR count). The summed E-state index contributed by atoms with van der Waals surface area (Å²) >= 11 is 5.83. The van der Waals surface area contributed by atoms with Gasteiger partial charge in [0.05, 0.1) is 18.4 Å². The van der Waals surface area contributed by atoms with E-state index in [1.165, 1.54) is 0 Å². The van der Waals surface area contributed by atoms with Crippen molar-refractivity contribution in [2.24, 2.45) is 0 Å². The number of imidazole rings is 1. The number of carbonyl (C=O) groups excluding carboxylic acids is 1. The minimum absolute atomic E-state index is 0.267. The van der Waals surface area contributed by atoms with Gasteiger partial charge in [0, 0.05) is 0 Å². The van der Waals surface area contributed by atoms with Crippen molar-refractivity contribution in [2.45, 2.75) is 32.9 Å². The zero-order valence-corrected chi connectivity index (χ0v) is 11.7. The fourth-order valence-corrected chi connectivity index (χ4v) is 1.63. The summed E-state index contributed by atoms with van der Waals surface area (Å²) in [6.07, 6.45) is 1.15. The van der Waals surface area contributed by atoms with Gasteiger partial charge in [0.25, 0.3) is 0 Å². The van der Waals surface area contributed by atoms with E-state index >= 15 is 0 Å². The Morgan fingerprint density at radius 2 is 2.21 bits per heavy atom. The van der Waals surface area contributed by atoms with Crippen LogP contribution in [0.25, 0.3) is 5.65 Å². The Morgan fingerprint density at radius 1 is 1.47 bits per heavy atom. The van der Waals surface area contributed by atoms with Crippen molar-refractivity contribution in [3.63, 3.8) is 0 Å². The first-order valence-corrected chi connectivity index (χ1v) is 6.19. The zero-order valence-electron chi connectivity index (χ0n) is 11.0. The molecule has 19 heavy (non-hydrogen) atoms. The molecule has 2 aromatic rings. The van der Waals surface area contributed by atoms with Crippen molar-refractivity contribution in [3.8, 4) is 0 Å². The Morgan fingerprint density at radius 3 is 2.89 bits per heavy atom. The lowest BCUT2D eigenvalue weighted by Crippen LogP contribution is -2.32. The van der Waals surface area contributed by atoms with Crippen LogP contribution in [0.15, 0.2) is 18.3 Å². The third-order valence-corrected chi connectivity index (χ3v) is 2.41. The average Bonchev–Trinajstić information content (AvgIpc) is 2.66. The fourth-order valence-electron chi connectivity index (χ4n) is 1.50. The molecule has 0 radical (unpaired) electrons. The first kappa shape index (κ1) is 13.6. The van der Waals surface area contributed by atoms with Crippen LogP contribution in [-0.2, 0) is 11.3 Å². The van der Waals surface area contributed by atoms with E-state index in [1.54, 1.807) is 22.8 Å². The molecule has 102 valence electrons. The van der Waals surface area contributed by atoms with Crippen LogP contribution in [0.1, 0.15) is 26.5 Å². The van der Waals surface area contributed by atoms with Gasteiger partial charge in [-0.05, 0) is 32.9 Å². The second-order valence-corrected chi connectivity index (χ2v) is 5.42. The predicted octanol–water partition coefficient (Wildman–Crippen LogP) is 2.41. The average molecular weight is 283 g/mol. The lowest BCUT2D eigenvalue weighted by Gasteiger charge is -2.19. The van der Waals surface area contributed by atoms with Gasteiger partial charge in [0.1, 0.15) is 10.8 Å². The molecular formula is C12H15ClN4O2. The van der Waals surface area contributed by atoms with Gasteiger partial charge < -0.3 is 10.1 Å². The Balaban J connectivity index is 2.06. The summed E-state index contributed by atoms with van der Waals surface area (Å²) in [6.45, 7) is 5.69. The molecule has 0 fully saturated rings. The van der Waals surface area contributed by atoms with Crippen LogP contribution in [0, 0.1) is 0 Å². The van der Waals surface area contributed by atoms with Gasteiger partial charge in [-0.2, -0.15) is 5.10 Å². The van der Waals surface area contributed by atoms with Gasteiger partial charge in [-0.1, -0.05) is 11.6 Å². The number of alkyl carbamates (subject to hydrolysis) is 1. The van der Waals surface area contributed by atoms with Crippen molar-refractivity contribution in [2.75, 3.05) is 0 Å². The molecule has 2 aromatic heterocycles. The summed E-state index contributed by atoms with van der Waals surface area (Å²) in [5.74, 6) is 0. The van der Waals surface area contributed by atoms with Crippen LogP contribution < -0.4 is 5.32 Å². The van der Waals surface area contributed by atoms with Crippen molar-refractivity contribution < 1.29 is 9.53 Å². The van der Waals surface area contributed by atoms with Gasteiger partial charge in [-0.25, -0.2) is 14.3 Å². The van der Waals surface area contributed by atoms with E-state index in [4.69, 9.17) is 16.3 Å². The Hall–Kier alpha value is -1.82. The van der Waals surface area contributed by atoms with E-state index in [9.17, 15) is 4.79 Å². The number of rotatable bonds is 2. The molecule has 0 saturated heterocycles. The third kappa shape index (κ3) is 3.57. The van der Waals surface area contributed by atoms with Crippen LogP contribution in [0.4, 0.5) is 4.79 Å². The molecule has 0 spiro atoms. The number of carbonyl (C=O) groups is 1. The molecule has 0 unspecified atom stereocenters. The minimum atomic E-state index is -0.523. The highest BCUT2D eigenvalue weighted by atomic mass is 35.5. The number of hydrogen-bond donors (Lipinski definition) is 1. The number of nitrogens with zero attached hydrogens (tertiary/aromatic N) is 3. The van der Waals surface area contributed by atoms with Gasteiger partial charge in [0.2, 0.25) is 0 Å². The number of amides is 1. The molecule has 0 atom stereocenters. The van der Waals surface area contributed by atoms with Gasteiger partial charge in [0.15, 0.2) is 5.65 Å². The summed E-state index contributed by atoms with van der Waals surface area (Å²) in [4.78, 5) is 15.7. The van der Waals surface area contributed by atoms with Gasteiger partial charge >= 0.3 is 6.09 Å². The monoisotopic (exact) mass is 282 g/mol. The first-order chi connectivity index (χ1) is 8.85. The highest BCUT2D eigenvalue weighted by Crippen LogP contribution is 2.10. The molecule has 0 aliphatic carbocycles. The van der Waals surface area contributed by atoms with Crippen molar-refractivity contribution >= 4 is 23.3 Å². The van der Waals surface area contributed by atoms with Crippen LogP contribution >= 0.6 is 11.6 Å². The SMILES string of the molecule is CC(C)(C)OC(=O)NCc1cnc2ccc(Cl)nn12. The predicted molar refractivity (Wildman–Crippen MR) is 71.1 cm³/mol. The summed E-state index contributed by atoms with van der Waals surface area (Å²) in [5, 5.41) is 7.13. The molecule has 1 amide bonds. The van der Waals surface area contributed by atoms with Gasteiger partial charge in [-0.15, -0.1) is 0 Å². The Bertz CT molecular complexity index is 603. The number of aromatic nitrogens is 3. The lowest BCUT2D eigenvalue weighted by atomic mass is 10.2. The Labute approximate surface area is 115 Å². The van der Waals surface area contributed by atoms with Crippen molar-refractivity contribution in [3.05, 3.63) is 29.2 Å². The number of nitrogens with one attached hydrogen (secondary N) is 1. The fraction of sp³-hybridized carbons (Fsp3) is 0.417. The summed E-state index contributed by atoms with van der Waals surface area (Å²) in [5.41, 5.74) is 0.874. The lowest BCUT2D eigenvalue weighted by molar-refractivity contribution is 0.0522. The second-order valence-electron chi connectivity index (χ2n) is 5.03. The van der Waals surface area contributed by atoms with Crippen molar-refractivity contribution in [1.29, 1.82) is 0 Å². The molecule has 0 aromatic carbocycles. The van der Waals surface area contributed by atoms with E-state index in [-0.39, 0.29) is 6.54 Å². The standard InChI is InChI=1S/C12H15ClN4O2/c1-12(2,3)19-11(18)15-7-8-6-14-10-5-4-9(13)16-17(8)10/h4-6H,7H2,1-3H3,(H,15,18). The number of ether oxygens (including phenoxy) is 1.